The van der Waals surface area contributed by atoms with Crippen LogP contribution in [0.15, 0.2) is 91.6 Å². The number of hydrogen-bond donors (Lipinski definition) is 2. The molecule has 2 aliphatic rings. The number of aromatic hydroxyl groups is 1. The number of phenols is 1. The van der Waals surface area contributed by atoms with Crippen LogP contribution in [0.2, 0.25) is 0 Å². The minimum Gasteiger partial charge on any atom is -0.508 e. The van der Waals surface area contributed by atoms with E-state index in [1.807, 2.05) is 87.1 Å². The van der Waals surface area contributed by atoms with Crippen molar-refractivity contribution in [2.75, 3.05) is 19.6 Å². The normalized spacial score (nSPS) is 18.2. The number of hydrogen-bond acceptors (Lipinski definition) is 6. The highest BCUT2D eigenvalue weighted by Crippen LogP contribution is 2.33. The Morgan fingerprint density at radius 3 is 2.39 bits per heavy atom. The van der Waals surface area contributed by atoms with Gasteiger partial charge in [0.25, 0.3) is 0 Å². The molecule has 11 heteroatoms. The maximum Gasteiger partial charge on any atom is 0.334 e. The van der Waals surface area contributed by atoms with Gasteiger partial charge in [0.1, 0.15) is 18.0 Å². The molecule has 0 radical (unpaired) electrons. The summed E-state index contributed by atoms with van der Waals surface area (Å²) in [7, 11) is 1.90. The Kier molecular flexibility index (Phi) is 10.0. The molecule has 0 bridgehead atoms. The van der Waals surface area contributed by atoms with Crippen LogP contribution < -0.4 is 5.32 Å². The Labute approximate surface area is 298 Å². The zero-order valence-electron chi connectivity index (χ0n) is 29.7. The molecule has 4 aromatic rings. The average Bonchev–Trinajstić information content (AvgIpc) is 3.43. The van der Waals surface area contributed by atoms with Crippen molar-refractivity contribution in [1.29, 1.82) is 0 Å². The van der Waals surface area contributed by atoms with Crippen LogP contribution in [0.25, 0.3) is 10.9 Å². The Bertz CT molecular complexity index is 1950. The fourth-order valence-electron chi connectivity index (χ4n) is 7.24. The molecule has 3 heterocycles. The number of nitrogens with one attached hydrogen (secondary N) is 1. The van der Waals surface area contributed by atoms with E-state index < -0.39 is 18.2 Å². The van der Waals surface area contributed by atoms with Crippen LogP contribution >= 0.6 is 0 Å². The molecule has 51 heavy (non-hydrogen) atoms. The predicted octanol–water partition coefficient (Wildman–Crippen LogP) is 5.24. The highest BCUT2D eigenvalue weighted by Gasteiger charge is 2.51. The molecular weight excluding hydrogens is 644 g/mol. The van der Waals surface area contributed by atoms with Gasteiger partial charge in [-0.05, 0) is 34.2 Å². The first-order valence-electron chi connectivity index (χ1n) is 17.3. The van der Waals surface area contributed by atoms with Gasteiger partial charge in [0.2, 0.25) is 11.8 Å². The van der Waals surface area contributed by atoms with E-state index in [9.17, 15) is 24.3 Å². The second-order valence-corrected chi connectivity index (χ2v) is 14.6. The van der Waals surface area contributed by atoms with Crippen molar-refractivity contribution in [1.82, 2.24) is 29.7 Å². The monoisotopic (exact) mass is 690 g/mol. The van der Waals surface area contributed by atoms with E-state index in [0.717, 1.165) is 27.6 Å². The van der Waals surface area contributed by atoms with E-state index in [4.69, 9.17) is 0 Å². The van der Waals surface area contributed by atoms with Crippen LogP contribution in [0.4, 0.5) is 4.79 Å². The number of fused-ring (bicyclic) bond motifs is 2. The van der Waals surface area contributed by atoms with Crippen molar-refractivity contribution in [3.63, 3.8) is 0 Å². The first kappa shape index (κ1) is 35.4. The lowest BCUT2D eigenvalue weighted by atomic mass is 9.87. The number of Topliss-reactive ketones (excluding diaryl/α,β-unsaturated/α-hetero) is 1. The molecule has 0 aliphatic carbocycles. The molecule has 1 aromatic heterocycles. The number of rotatable bonds is 10. The third-order valence-corrected chi connectivity index (χ3v) is 9.47. The maximum atomic E-state index is 14.6. The van der Waals surface area contributed by atoms with Gasteiger partial charge >= 0.3 is 6.03 Å². The van der Waals surface area contributed by atoms with Crippen LogP contribution in [0, 0.1) is 5.41 Å². The molecule has 0 saturated carbocycles. The Morgan fingerprint density at radius 1 is 0.980 bits per heavy atom. The molecule has 2 atom stereocenters. The Morgan fingerprint density at radius 2 is 1.71 bits per heavy atom. The number of aromatic nitrogens is 1. The van der Waals surface area contributed by atoms with Gasteiger partial charge in [0.05, 0.1) is 18.6 Å². The van der Waals surface area contributed by atoms with Crippen molar-refractivity contribution in [3.05, 3.63) is 114 Å². The SMILES string of the molecule is C=CCN1CC(=O)N2[C@@H](Cc3ccc(O)cc3)C(=O)N(Cc3cccc4c(C(=O)CC(C)(C)C)cn(C)c34)C[C@@H]2N1C(=O)NCc1ccccc1. The Hall–Kier alpha value is -5.42. The van der Waals surface area contributed by atoms with Gasteiger partial charge in [-0.25, -0.2) is 14.8 Å². The summed E-state index contributed by atoms with van der Waals surface area (Å²) in [4.78, 5) is 59.3. The van der Waals surface area contributed by atoms with E-state index in [2.05, 4.69) is 11.9 Å². The number of nitrogens with zero attached hydrogens (tertiary/aromatic N) is 5. The second-order valence-electron chi connectivity index (χ2n) is 14.6. The van der Waals surface area contributed by atoms with Gasteiger partial charge < -0.3 is 24.8 Å². The standard InChI is InChI=1S/C40H46N6O5/c1-6-19-44-26-36(49)45-33(20-27-15-17-30(47)18-16-27)38(50)43(25-35(45)46(44)39(51)41-22-28-11-8-7-9-12-28)23-29-13-10-14-31-32(24-42(5)37(29)31)34(48)21-40(2,3)4/h6-18,24,33,35,47H,1,19-23,25-26H2,2-5H3,(H,41,51)/t33-,35-/m0/s1. The number of hydrazine groups is 1. The molecule has 6 rings (SSSR count). The van der Waals surface area contributed by atoms with Crippen LogP contribution in [0.3, 0.4) is 0 Å². The van der Waals surface area contributed by atoms with Gasteiger partial charge in [-0.1, -0.05) is 87.5 Å². The molecule has 266 valence electrons. The average molecular weight is 691 g/mol. The van der Waals surface area contributed by atoms with Crippen molar-refractivity contribution >= 4 is 34.5 Å². The van der Waals surface area contributed by atoms with Crippen LogP contribution in [-0.4, -0.2) is 85.0 Å². The van der Waals surface area contributed by atoms with E-state index in [1.165, 1.54) is 0 Å². The zero-order chi connectivity index (χ0) is 36.4. The lowest BCUT2D eigenvalue weighted by Gasteiger charge is -2.55. The summed E-state index contributed by atoms with van der Waals surface area (Å²) in [6.45, 7) is 10.7. The lowest BCUT2D eigenvalue weighted by molar-refractivity contribution is -0.189. The fraction of sp³-hybridized carbons (Fsp3) is 0.350. The molecule has 0 unspecified atom stereocenters. The minimum atomic E-state index is -0.910. The largest absolute Gasteiger partial charge is 0.508 e. The summed E-state index contributed by atoms with van der Waals surface area (Å²) in [5, 5.41) is 17.0. The van der Waals surface area contributed by atoms with Crippen LogP contribution in [-0.2, 0) is 36.1 Å². The van der Waals surface area contributed by atoms with Gasteiger partial charge in [-0.3, -0.25) is 14.4 Å². The molecule has 0 spiro atoms. The summed E-state index contributed by atoms with van der Waals surface area (Å²) in [5.74, 6) is -0.356. The van der Waals surface area contributed by atoms with Crippen LogP contribution in [0.5, 0.6) is 5.75 Å². The number of amides is 4. The van der Waals surface area contributed by atoms with E-state index >= 15 is 0 Å². The van der Waals surface area contributed by atoms with E-state index in [1.54, 1.807) is 50.2 Å². The minimum absolute atomic E-state index is 0.0593. The topological polar surface area (TPSA) is 118 Å². The number of aryl methyl sites for hydroxylation is 1. The summed E-state index contributed by atoms with van der Waals surface area (Å²) < 4.78 is 1.94. The van der Waals surface area contributed by atoms with E-state index in [-0.39, 0.29) is 67.9 Å². The fourth-order valence-corrected chi connectivity index (χ4v) is 7.24. The lowest BCUT2D eigenvalue weighted by Crippen LogP contribution is -2.76. The van der Waals surface area contributed by atoms with Crippen LogP contribution in [0.1, 0.15) is 54.2 Å². The number of phenolic OH excluding ortho intramolecular Hbond substituents is 1. The third kappa shape index (κ3) is 7.53. The van der Waals surface area contributed by atoms with Gasteiger partial charge in [-0.2, -0.15) is 0 Å². The first-order valence-corrected chi connectivity index (χ1v) is 17.3. The first-order chi connectivity index (χ1) is 24.3. The number of piperazine rings is 1. The molecule has 11 nitrogen and oxygen atoms in total. The predicted molar refractivity (Wildman–Crippen MR) is 195 cm³/mol. The Balaban J connectivity index is 1.38. The van der Waals surface area contributed by atoms with Gasteiger partial charge in [0, 0.05) is 56.7 Å². The molecular formula is C40H46N6O5. The van der Waals surface area contributed by atoms with Crippen molar-refractivity contribution in [2.24, 2.45) is 12.5 Å². The van der Waals surface area contributed by atoms with E-state index in [0.29, 0.717) is 12.0 Å². The molecule has 4 amide bonds. The number of carbonyl (C=O) groups excluding carboxylic acids is 4. The summed E-state index contributed by atoms with van der Waals surface area (Å²) in [5.41, 5.74) is 3.86. The molecule has 3 aromatic carbocycles. The molecule has 2 aliphatic heterocycles. The number of urea groups is 1. The molecule has 2 N–H and O–H groups in total. The molecule has 2 saturated heterocycles. The number of para-hydroxylation sites is 1. The second kappa shape index (κ2) is 14.4. The number of benzene rings is 3. The van der Waals surface area contributed by atoms with Crippen molar-refractivity contribution < 1.29 is 24.3 Å². The zero-order valence-corrected chi connectivity index (χ0v) is 29.7. The quantitative estimate of drug-likeness (QED) is 0.174. The van der Waals surface area contributed by atoms with Crippen molar-refractivity contribution in [2.45, 2.75) is 58.9 Å². The molecule has 2 fully saturated rings. The number of carbonyl (C=O) groups is 4. The third-order valence-electron chi connectivity index (χ3n) is 9.47. The summed E-state index contributed by atoms with van der Waals surface area (Å²) >= 11 is 0. The summed E-state index contributed by atoms with van der Waals surface area (Å²) in [6.07, 6.45) is 3.29. The maximum absolute atomic E-state index is 14.6. The highest BCUT2D eigenvalue weighted by atomic mass is 16.3. The smallest absolute Gasteiger partial charge is 0.334 e. The summed E-state index contributed by atoms with van der Waals surface area (Å²) in [6, 6.07) is 20.6. The number of ketones is 1. The van der Waals surface area contributed by atoms with Gasteiger partial charge in [-0.15, -0.1) is 6.58 Å². The van der Waals surface area contributed by atoms with Crippen molar-refractivity contribution in [3.8, 4) is 5.75 Å². The van der Waals surface area contributed by atoms with Gasteiger partial charge in [0.15, 0.2) is 5.78 Å². The highest BCUT2D eigenvalue weighted by molar-refractivity contribution is 6.09.